The molecule has 4 aliphatic carbocycles. The van der Waals surface area contributed by atoms with Gasteiger partial charge in [-0.3, -0.25) is 0 Å². The fourth-order valence-corrected chi connectivity index (χ4v) is 4.73. The summed E-state index contributed by atoms with van der Waals surface area (Å²) in [4.78, 5) is 0. The fourth-order valence-electron chi connectivity index (χ4n) is 4.18. The van der Waals surface area contributed by atoms with Crippen LogP contribution in [0.5, 0.6) is 0 Å². The SMILES string of the molecule is [Mo]=[N]C12CC3CC(CC(C3)C1)C2. The maximum atomic E-state index is 4.69. The van der Waals surface area contributed by atoms with Gasteiger partial charge in [0.25, 0.3) is 0 Å². The van der Waals surface area contributed by atoms with Crippen molar-refractivity contribution in [1.29, 1.82) is 0 Å². The van der Waals surface area contributed by atoms with Gasteiger partial charge in [-0.25, -0.2) is 0 Å². The van der Waals surface area contributed by atoms with Gasteiger partial charge < -0.3 is 0 Å². The molecule has 1 nitrogen and oxygen atoms in total. The van der Waals surface area contributed by atoms with Crippen LogP contribution in [0.4, 0.5) is 0 Å². The van der Waals surface area contributed by atoms with Crippen molar-refractivity contribution in [3.05, 3.63) is 0 Å². The molecule has 0 heterocycles. The molecule has 0 unspecified atom stereocenters. The molecule has 4 saturated carbocycles. The zero-order valence-electron chi connectivity index (χ0n) is 7.33. The molecule has 4 fully saturated rings. The average Bonchev–Trinajstić information content (AvgIpc) is 2.02. The van der Waals surface area contributed by atoms with E-state index in [1.54, 1.807) is 0 Å². The molecule has 0 spiro atoms. The molecule has 0 aromatic rings. The van der Waals surface area contributed by atoms with E-state index in [1.165, 1.54) is 38.5 Å². The van der Waals surface area contributed by atoms with Crippen LogP contribution in [0.25, 0.3) is 0 Å². The standard InChI is InChI=1S/C10H15N.Mo/c11-10-4-7-1-8(5-10)3-9(2-7)6-10;/h7-9H,1-6H2;. The maximum absolute atomic E-state index is 4.69. The molecule has 12 heavy (non-hydrogen) atoms. The predicted molar refractivity (Wildman–Crippen MR) is 43.3 cm³/mol. The third kappa shape index (κ3) is 1.02. The topological polar surface area (TPSA) is 12.4 Å². The van der Waals surface area contributed by atoms with Crippen LogP contribution in [-0.4, -0.2) is 5.54 Å². The van der Waals surface area contributed by atoms with Crippen molar-refractivity contribution in [3.8, 4) is 0 Å². The van der Waals surface area contributed by atoms with Crippen molar-refractivity contribution in [2.24, 2.45) is 21.2 Å². The quantitative estimate of drug-likeness (QED) is 0.630. The second kappa shape index (κ2) is 2.50. The summed E-state index contributed by atoms with van der Waals surface area (Å²) in [6, 6.07) is 0. The third-order valence-electron chi connectivity index (χ3n) is 4.20. The Morgan fingerprint density at radius 2 is 1.33 bits per heavy atom. The monoisotopic (exact) mass is 247 g/mol. The van der Waals surface area contributed by atoms with Gasteiger partial charge in [-0.2, -0.15) is 0 Å². The van der Waals surface area contributed by atoms with Gasteiger partial charge in [-0.15, -0.1) is 0 Å². The summed E-state index contributed by atoms with van der Waals surface area (Å²) >= 11 is 1.98. The van der Waals surface area contributed by atoms with Crippen LogP contribution in [0.2, 0.25) is 0 Å². The molecule has 4 rings (SSSR count). The molecule has 0 saturated heterocycles. The molecule has 0 N–H and O–H groups in total. The van der Waals surface area contributed by atoms with Crippen molar-refractivity contribution < 1.29 is 19.6 Å². The van der Waals surface area contributed by atoms with Gasteiger partial charge in [0.15, 0.2) is 0 Å². The van der Waals surface area contributed by atoms with Crippen LogP contribution in [0.3, 0.4) is 0 Å². The molecule has 2 heteroatoms. The number of nitrogens with zero attached hydrogens (tertiary/aromatic N) is 1. The summed E-state index contributed by atoms with van der Waals surface area (Å²) in [5.74, 6) is 3.17. The Kier molecular flexibility index (Phi) is 1.64. The van der Waals surface area contributed by atoms with Crippen LogP contribution in [0.15, 0.2) is 3.50 Å². The van der Waals surface area contributed by atoms with Crippen LogP contribution in [0, 0.1) is 17.8 Å². The molecule has 4 aliphatic rings. The van der Waals surface area contributed by atoms with Crippen LogP contribution >= 0.6 is 0 Å². The van der Waals surface area contributed by atoms with E-state index in [0.29, 0.717) is 5.54 Å². The molecule has 0 aromatic heterocycles. The van der Waals surface area contributed by atoms with Crippen LogP contribution in [-0.2, 0) is 19.6 Å². The molecular formula is C10H15MoN. The van der Waals surface area contributed by atoms with Crippen molar-refractivity contribution in [3.63, 3.8) is 0 Å². The zero-order chi connectivity index (χ0) is 8.18. The summed E-state index contributed by atoms with van der Waals surface area (Å²) in [6.07, 6.45) is 8.90. The van der Waals surface area contributed by atoms with Crippen molar-refractivity contribution in [1.82, 2.24) is 0 Å². The van der Waals surface area contributed by atoms with E-state index >= 15 is 0 Å². The second-order valence-electron chi connectivity index (χ2n) is 5.23. The normalized spacial score (nSPS) is 55.8. The molecule has 0 aliphatic heterocycles. The van der Waals surface area contributed by atoms with Gasteiger partial charge in [0.2, 0.25) is 0 Å². The predicted octanol–water partition coefficient (Wildman–Crippen LogP) is 2.69. The van der Waals surface area contributed by atoms with E-state index in [4.69, 9.17) is 3.50 Å². The molecule has 0 amide bonds. The second-order valence-corrected chi connectivity index (χ2v) is 5.68. The van der Waals surface area contributed by atoms with E-state index in [-0.39, 0.29) is 0 Å². The molecule has 4 bridgehead atoms. The Labute approximate surface area is 85.1 Å². The van der Waals surface area contributed by atoms with Crippen LogP contribution in [0.1, 0.15) is 38.5 Å². The average molecular weight is 245 g/mol. The molecule has 0 aromatic carbocycles. The van der Waals surface area contributed by atoms with E-state index in [2.05, 4.69) is 0 Å². The summed E-state index contributed by atoms with van der Waals surface area (Å²) in [7, 11) is 0. The number of hydrogen-bond donors (Lipinski definition) is 0. The summed E-state index contributed by atoms with van der Waals surface area (Å²) in [6.45, 7) is 0. The van der Waals surface area contributed by atoms with Gasteiger partial charge in [-0.1, -0.05) is 0 Å². The Balaban J connectivity index is 1.95. The minimum atomic E-state index is 0.471. The Morgan fingerprint density at radius 3 is 1.67 bits per heavy atom. The van der Waals surface area contributed by atoms with Gasteiger partial charge in [-0.05, 0) is 0 Å². The first-order chi connectivity index (χ1) is 5.80. The van der Waals surface area contributed by atoms with Gasteiger partial charge >= 0.3 is 84.9 Å². The first kappa shape index (κ1) is 7.85. The first-order valence-corrected chi connectivity index (χ1v) is 6.04. The number of hydrogen-bond acceptors (Lipinski definition) is 1. The van der Waals surface area contributed by atoms with E-state index in [1.807, 2.05) is 19.6 Å². The Bertz CT molecular complexity index is 189. The molecule has 0 radical (unpaired) electrons. The number of rotatable bonds is 1. The van der Waals surface area contributed by atoms with Crippen molar-refractivity contribution >= 4 is 0 Å². The van der Waals surface area contributed by atoms with Gasteiger partial charge in [0, 0.05) is 0 Å². The summed E-state index contributed by atoms with van der Waals surface area (Å²) in [5.41, 5.74) is 0.471. The summed E-state index contributed by atoms with van der Waals surface area (Å²) < 4.78 is 4.69. The third-order valence-corrected chi connectivity index (χ3v) is 5.15. The van der Waals surface area contributed by atoms with Gasteiger partial charge in [0.05, 0.1) is 0 Å². The first-order valence-electron chi connectivity index (χ1n) is 5.14. The van der Waals surface area contributed by atoms with Gasteiger partial charge in [0.1, 0.15) is 0 Å². The molecule has 66 valence electrons. The summed E-state index contributed by atoms with van der Waals surface area (Å²) in [5, 5.41) is 0. The Morgan fingerprint density at radius 1 is 0.917 bits per heavy atom. The van der Waals surface area contributed by atoms with Crippen molar-refractivity contribution in [2.45, 2.75) is 44.1 Å². The van der Waals surface area contributed by atoms with E-state index in [9.17, 15) is 0 Å². The van der Waals surface area contributed by atoms with Crippen LogP contribution < -0.4 is 0 Å². The Hall–Kier alpha value is 0.488. The molecule has 0 atom stereocenters. The minimum absolute atomic E-state index is 0.471. The van der Waals surface area contributed by atoms with E-state index < -0.39 is 0 Å². The fraction of sp³-hybridized carbons (Fsp3) is 1.00. The van der Waals surface area contributed by atoms with Crippen molar-refractivity contribution in [2.75, 3.05) is 0 Å². The van der Waals surface area contributed by atoms with E-state index in [0.717, 1.165) is 17.8 Å². The zero-order valence-corrected chi connectivity index (χ0v) is 9.34. The molecular weight excluding hydrogens is 230 g/mol.